The zero-order valence-corrected chi connectivity index (χ0v) is 8.14. The number of rotatable bonds is 2. The average molecular weight is 211 g/mol. The number of hydrogen-bond acceptors (Lipinski definition) is 0. The van der Waals surface area contributed by atoms with Gasteiger partial charge in [0.15, 0.2) is 0 Å². The van der Waals surface area contributed by atoms with Gasteiger partial charge in [0.1, 0.15) is 0 Å². The van der Waals surface area contributed by atoms with Crippen LogP contribution >= 0.6 is 15.9 Å². The molecule has 0 radical (unpaired) electrons. The topological polar surface area (TPSA) is 0 Å². The molecule has 0 aliphatic heterocycles. The highest BCUT2D eigenvalue weighted by Gasteiger charge is 1.85. The molecule has 0 aromatic heterocycles. The lowest BCUT2D eigenvalue weighted by Crippen LogP contribution is -1.69. The van der Waals surface area contributed by atoms with E-state index in [2.05, 4.69) is 59.3 Å². The fraction of sp³-hybridized carbons (Fsp3) is 0.200. The predicted octanol–water partition coefficient (Wildman–Crippen LogP) is 3.87. The molecular formula is C10H11Br. The summed E-state index contributed by atoms with van der Waals surface area (Å²) in [7, 11) is 0. The summed E-state index contributed by atoms with van der Waals surface area (Å²) in [6.45, 7) is 2.13. The Morgan fingerprint density at radius 3 is 2.45 bits per heavy atom. The van der Waals surface area contributed by atoms with Gasteiger partial charge in [-0.2, -0.15) is 0 Å². The van der Waals surface area contributed by atoms with Crippen LogP contribution in [0.5, 0.6) is 0 Å². The Bertz CT molecular complexity index is 234. The summed E-state index contributed by atoms with van der Waals surface area (Å²) >= 11 is 3.39. The van der Waals surface area contributed by atoms with Crippen molar-refractivity contribution < 1.29 is 0 Å². The van der Waals surface area contributed by atoms with Gasteiger partial charge in [-0.15, -0.1) is 0 Å². The molecule has 0 spiro atoms. The van der Waals surface area contributed by atoms with Crippen molar-refractivity contribution in [2.45, 2.75) is 13.3 Å². The fourth-order valence-corrected chi connectivity index (χ4v) is 1.09. The molecule has 0 saturated heterocycles. The van der Waals surface area contributed by atoms with E-state index in [0.29, 0.717) is 0 Å². The molecule has 0 amide bonds. The Labute approximate surface area is 76.1 Å². The molecule has 1 aromatic rings. The van der Waals surface area contributed by atoms with Crippen molar-refractivity contribution in [3.8, 4) is 0 Å². The van der Waals surface area contributed by atoms with E-state index in [1.165, 1.54) is 5.56 Å². The molecule has 0 aliphatic carbocycles. The molecular weight excluding hydrogens is 200 g/mol. The molecule has 0 fully saturated rings. The molecule has 0 saturated carbocycles. The van der Waals surface area contributed by atoms with E-state index in [0.717, 1.165) is 10.9 Å². The van der Waals surface area contributed by atoms with Gasteiger partial charge >= 0.3 is 0 Å². The number of halogens is 1. The quantitative estimate of drug-likeness (QED) is 0.696. The minimum absolute atomic E-state index is 1.09. The largest absolute Gasteiger partial charge is 0.0842 e. The van der Waals surface area contributed by atoms with Crippen LogP contribution in [0.3, 0.4) is 0 Å². The van der Waals surface area contributed by atoms with Crippen LogP contribution in [0.4, 0.5) is 0 Å². The van der Waals surface area contributed by atoms with Crippen molar-refractivity contribution >= 4 is 22.0 Å². The second-order valence-electron chi connectivity index (χ2n) is 2.36. The minimum atomic E-state index is 1.09. The summed E-state index contributed by atoms with van der Waals surface area (Å²) in [5.74, 6) is 0. The molecule has 0 nitrogen and oxygen atoms in total. The van der Waals surface area contributed by atoms with Crippen LogP contribution < -0.4 is 0 Å². The molecule has 0 unspecified atom stereocenters. The van der Waals surface area contributed by atoms with Crippen LogP contribution in [0.15, 0.2) is 34.8 Å². The van der Waals surface area contributed by atoms with Crippen molar-refractivity contribution in [3.63, 3.8) is 0 Å². The highest BCUT2D eigenvalue weighted by Crippen LogP contribution is 2.11. The molecule has 0 aliphatic rings. The summed E-state index contributed by atoms with van der Waals surface area (Å²) in [5.41, 5.74) is 1.26. The lowest BCUT2D eigenvalue weighted by Gasteiger charge is -1.92. The van der Waals surface area contributed by atoms with Crippen LogP contribution in [0.1, 0.15) is 18.9 Å². The van der Waals surface area contributed by atoms with Crippen molar-refractivity contribution in [3.05, 3.63) is 40.4 Å². The summed E-state index contributed by atoms with van der Waals surface area (Å²) in [6, 6.07) is 8.29. The van der Waals surface area contributed by atoms with E-state index in [9.17, 15) is 0 Å². The highest BCUT2D eigenvalue weighted by molar-refractivity contribution is 9.10. The fourth-order valence-electron chi connectivity index (χ4n) is 0.828. The van der Waals surface area contributed by atoms with Gasteiger partial charge in [-0.05, 0) is 24.1 Å². The van der Waals surface area contributed by atoms with Crippen LogP contribution in [0.25, 0.3) is 6.08 Å². The van der Waals surface area contributed by atoms with Gasteiger partial charge in [-0.25, -0.2) is 0 Å². The van der Waals surface area contributed by atoms with Gasteiger partial charge in [0.05, 0.1) is 0 Å². The van der Waals surface area contributed by atoms with Crippen molar-refractivity contribution in [1.29, 1.82) is 0 Å². The number of hydrogen-bond donors (Lipinski definition) is 0. The molecule has 0 atom stereocenters. The van der Waals surface area contributed by atoms with Crippen LogP contribution in [-0.2, 0) is 0 Å². The summed E-state index contributed by atoms with van der Waals surface area (Å²) in [6.07, 6.45) is 5.38. The first-order chi connectivity index (χ1) is 5.33. The minimum Gasteiger partial charge on any atom is -0.0842 e. The molecule has 1 aromatic carbocycles. The first-order valence-electron chi connectivity index (χ1n) is 3.75. The first-order valence-corrected chi connectivity index (χ1v) is 4.54. The molecule has 1 heteroatoms. The van der Waals surface area contributed by atoms with Crippen LogP contribution in [0, 0.1) is 0 Å². The molecule has 0 bridgehead atoms. The van der Waals surface area contributed by atoms with Crippen molar-refractivity contribution in [2.75, 3.05) is 0 Å². The molecule has 0 N–H and O–H groups in total. The molecule has 0 heterocycles. The van der Waals surface area contributed by atoms with Gasteiger partial charge in [0, 0.05) is 4.47 Å². The van der Waals surface area contributed by atoms with Crippen LogP contribution in [0.2, 0.25) is 0 Å². The second kappa shape index (κ2) is 4.35. The van der Waals surface area contributed by atoms with E-state index >= 15 is 0 Å². The van der Waals surface area contributed by atoms with Crippen LogP contribution in [-0.4, -0.2) is 0 Å². The number of allylic oxidation sites excluding steroid dienone is 1. The number of benzene rings is 1. The average Bonchev–Trinajstić information content (AvgIpc) is 2.04. The zero-order valence-electron chi connectivity index (χ0n) is 6.55. The van der Waals surface area contributed by atoms with Gasteiger partial charge in [-0.1, -0.05) is 47.1 Å². The highest BCUT2D eigenvalue weighted by atomic mass is 79.9. The maximum absolute atomic E-state index is 3.39. The Kier molecular flexibility index (Phi) is 3.37. The molecule has 11 heavy (non-hydrogen) atoms. The second-order valence-corrected chi connectivity index (χ2v) is 3.28. The third-order valence-electron chi connectivity index (χ3n) is 1.42. The lowest BCUT2D eigenvalue weighted by atomic mass is 10.2. The van der Waals surface area contributed by atoms with Gasteiger partial charge in [-0.3, -0.25) is 0 Å². The Hall–Kier alpha value is -0.560. The maximum Gasteiger partial charge on any atom is 0.0175 e. The maximum atomic E-state index is 3.39. The Balaban J connectivity index is 2.73. The summed E-state index contributed by atoms with van der Waals surface area (Å²) < 4.78 is 1.13. The first kappa shape index (κ1) is 8.54. The SMILES string of the molecule is CC/C=C/c1ccc(Br)cc1. The van der Waals surface area contributed by atoms with E-state index < -0.39 is 0 Å². The molecule has 1 rings (SSSR count). The molecule has 58 valence electrons. The smallest absolute Gasteiger partial charge is 0.0175 e. The van der Waals surface area contributed by atoms with Gasteiger partial charge < -0.3 is 0 Å². The zero-order chi connectivity index (χ0) is 8.10. The van der Waals surface area contributed by atoms with Gasteiger partial charge in [0.2, 0.25) is 0 Å². The van der Waals surface area contributed by atoms with E-state index in [1.807, 2.05) is 0 Å². The summed E-state index contributed by atoms with van der Waals surface area (Å²) in [4.78, 5) is 0. The third-order valence-corrected chi connectivity index (χ3v) is 1.94. The predicted molar refractivity (Wildman–Crippen MR) is 53.5 cm³/mol. The van der Waals surface area contributed by atoms with Gasteiger partial charge in [0.25, 0.3) is 0 Å². The van der Waals surface area contributed by atoms with E-state index in [-0.39, 0.29) is 0 Å². The monoisotopic (exact) mass is 210 g/mol. The van der Waals surface area contributed by atoms with E-state index in [4.69, 9.17) is 0 Å². The Morgan fingerprint density at radius 1 is 1.27 bits per heavy atom. The standard InChI is InChI=1S/C10H11Br/c1-2-3-4-9-5-7-10(11)8-6-9/h3-8H,2H2,1H3/b4-3+. The van der Waals surface area contributed by atoms with E-state index in [1.54, 1.807) is 0 Å². The van der Waals surface area contributed by atoms with Crippen molar-refractivity contribution in [1.82, 2.24) is 0 Å². The third kappa shape index (κ3) is 2.89. The van der Waals surface area contributed by atoms with Crippen molar-refractivity contribution in [2.24, 2.45) is 0 Å². The summed E-state index contributed by atoms with van der Waals surface area (Å²) in [5, 5.41) is 0. The Morgan fingerprint density at radius 2 is 1.91 bits per heavy atom. The normalized spacial score (nSPS) is 10.7. The lowest BCUT2D eigenvalue weighted by molar-refractivity contribution is 1.23.